The first-order chi connectivity index (χ1) is 9.97. The van der Waals surface area contributed by atoms with Crippen molar-refractivity contribution in [2.24, 2.45) is 0 Å². The standard InChI is InChI=1S/C18H23NO2/c1-12(2)21-18-8-6-5-7-16(18)19-14(4)15-11-13(3)9-10-17(15)20/h5-12,14,19-20H,1-4H3. The molecule has 3 nitrogen and oxygen atoms in total. The zero-order chi connectivity index (χ0) is 15.4. The summed E-state index contributed by atoms with van der Waals surface area (Å²) in [5, 5.41) is 13.4. The van der Waals surface area contributed by atoms with Gasteiger partial charge in [0.05, 0.1) is 17.8 Å². The molecule has 1 unspecified atom stereocenters. The van der Waals surface area contributed by atoms with Gasteiger partial charge in [0, 0.05) is 5.56 Å². The van der Waals surface area contributed by atoms with Crippen LogP contribution in [0.3, 0.4) is 0 Å². The lowest BCUT2D eigenvalue weighted by Gasteiger charge is -2.20. The number of phenolic OH excluding ortho intramolecular Hbond substituents is 1. The molecule has 0 fully saturated rings. The summed E-state index contributed by atoms with van der Waals surface area (Å²) in [6.07, 6.45) is 0.121. The average Bonchev–Trinajstić information content (AvgIpc) is 2.43. The Labute approximate surface area is 126 Å². The number of nitrogens with one attached hydrogen (secondary N) is 1. The summed E-state index contributed by atoms with van der Waals surface area (Å²) >= 11 is 0. The normalized spacial score (nSPS) is 12.2. The number of ether oxygens (including phenoxy) is 1. The van der Waals surface area contributed by atoms with E-state index in [1.165, 1.54) is 0 Å². The van der Waals surface area contributed by atoms with Crippen molar-refractivity contribution in [3.8, 4) is 11.5 Å². The molecule has 0 aromatic heterocycles. The average molecular weight is 285 g/mol. The number of para-hydroxylation sites is 2. The SMILES string of the molecule is Cc1ccc(O)c(C(C)Nc2ccccc2OC(C)C)c1. The van der Waals surface area contributed by atoms with Crippen LogP contribution in [-0.2, 0) is 0 Å². The van der Waals surface area contributed by atoms with Crippen LogP contribution in [0.25, 0.3) is 0 Å². The number of rotatable bonds is 5. The molecule has 2 N–H and O–H groups in total. The Balaban J connectivity index is 2.23. The Kier molecular flexibility index (Phi) is 4.73. The molecule has 2 rings (SSSR count). The second kappa shape index (κ2) is 6.53. The first-order valence-electron chi connectivity index (χ1n) is 7.29. The van der Waals surface area contributed by atoms with Crippen molar-refractivity contribution in [3.05, 3.63) is 53.6 Å². The van der Waals surface area contributed by atoms with Gasteiger partial charge in [-0.05, 0) is 45.9 Å². The molecule has 0 radical (unpaired) electrons. The van der Waals surface area contributed by atoms with Crippen LogP contribution in [-0.4, -0.2) is 11.2 Å². The molecule has 0 heterocycles. The van der Waals surface area contributed by atoms with Gasteiger partial charge in [0.25, 0.3) is 0 Å². The van der Waals surface area contributed by atoms with Gasteiger partial charge < -0.3 is 15.2 Å². The van der Waals surface area contributed by atoms with E-state index >= 15 is 0 Å². The number of hydrogen-bond donors (Lipinski definition) is 2. The van der Waals surface area contributed by atoms with Crippen molar-refractivity contribution >= 4 is 5.69 Å². The van der Waals surface area contributed by atoms with Crippen LogP contribution < -0.4 is 10.1 Å². The third-order valence-corrected chi connectivity index (χ3v) is 3.27. The first-order valence-corrected chi connectivity index (χ1v) is 7.29. The molecule has 0 saturated carbocycles. The lowest BCUT2D eigenvalue weighted by Crippen LogP contribution is -2.11. The summed E-state index contributed by atoms with van der Waals surface area (Å²) in [6, 6.07) is 13.5. The van der Waals surface area contributed by atoms with Gasteiger partial charge in [-0.15, -0.1) is 0 Å². The summed E-state index contributed by atoms with van der Waals surface area (Å²) in [6.45, 7) is 8.06. The molecular formula is C18H23NO2. The lowest BCUT2D eigenvalue weighted by atomic mass is 10.0. The molecule has 2 aromatic carbocycles. The van der Waals surface area contributed by atoms with Crippen molar-refractivity contribution in [2.75, 3.05) is 5.32 Å². The van der Waals surface area contributed by atoms with Crippen LogP contribution >= 0.6 is 0 Å². The smallest absolute Gasteiger partial charge is 0.142 e. The number of hydrogen-bond acceptors (Lipinski definition) is 3. The summed E-state index contributed by atoms with van der Waals surface area (Å²) in [5.41, 5.74) is 2.94. The second-order valence-corrected chi connectivity index (χ2v) is 5.59. The van der Waals surface area contributed by atoms with E-state index < -0.39 is 0 Å². The number of benzene rings is 2. The van der Waals surface area contributed by atoms with Gasteiger partial charge in [-0.25, -0.2) is 0 Å². The van der Waals surface area contributed by atoms with Crippen LogP contribution in [0.2, 0.25) is 0 Å². The molecular weight excluding hydrogens is 262 g/mol. The second-order valence-electron chi connectivity index (χ2n) is 5.59. The molecule has 0 amide bonds. The number of phenols is 1. The fourth-order valence-corrected chi connectivity index (χ4v) is 2.27. The topological polar surface area (TPSA) is 41.5 Å². The van der Waals surface area contributed by atoms with Crippen molar-refractivity contribution in [1.29, 1.82) is 0 Å². The van der Waals surface area contributed by atoms with E-state index in [0.717, 1.165) is 22.6 Å². The molecule has 21 heavy (non-hydrogen) atoms. The van der Waals surface area contributed by atoms with E-state index in [4.69, 9.17) is 4.74 Å². The van der Waals surface area contributed by atoms with E-state index in [1.807, 2.05) is 64.1 Å². The van der Waals surface area contributed by atoms with Crippen LogP contribution in [0, 0.1) is 6.92 Å². The molecule has 0 aliphatic rings. The van der Waals surface area contributed by atoms with Gasteiger partial charge >= 0.3 is 0 Å². The van der Waals surface area contributed by atoms with Crippen molar-refractivity contribution in [2.45, 2.75) is 39.8 Å². The maximum Gasteiger partial charge on any atom is 0.142 e. The Hall–Kier alpha value is -2.16. The van der Waals surface area contributed by atoms with E-state index in [2.05, 4.69) is 5.32 Å². The fraction of sp³-hybridized carbons (Fsp3) is 0.333. The highest BCUT2D eigenvalue weighted by molar-refractivity contribution is 5.58. The molecule has 0 bridgehead atoms. The predicted octanol–water partition coefficient (Wildman–Crippen LogP) is 4.66. The minimum Gasteiger partial charge on any atom is -0.508 e. The molecule has 0 saturated heterocycles. The fourth-order valence-electron chi connectivity index (χ4n) is 2.27. The summed E-state index contributed by atoms with van der Waals surface area (Å²) in [4.78, 5) is 0. The minimum atomic E-state index is -0.0122. The number of aryl methyl sites for hydroxylation is 1. The number of anilines is 1. The van der Waals surface area contributed by atoms with E-state index in [-0.39, 0.29) is 12.1 Å². The quantitative estimate of drug-likeness (QED) is 0.839. The Morgan fingerprint density at radius 3 is 2.48 bits per heavy atom. The van der Waals surface area contributed by atoms with Crippen LogP contribution in [0.4, 0.5) is 5.69 Å². The van der Waals surface area contributed by atoms with Gasteiger partial charge in [0.2, 0.25) is 0 Å². The summed E-state index contributed by atoms with van der Waals surface area (Å²) < 4.78 is 5.81. The molecule has 3 heteroatoms. The lowest BCUT2D eigenvalue weighted by molar-refractivity contribution is 0.243. The molecule has 2 aromatic rings. The maximum atomic E-state index is 10.0. The predicted molar refractivity (Wildman–Crippen MR) is 87.1 cm³/mol. The summed E-state index contributed by atoms with van der Waals surface area (Å²) in [5.74, 6) is 1.13. The van der Waals surface area contributed by atoms with Crippen molar-refractivity contribution < 1.29 is 9.84 Å². The third kappa shape index (κ3) is 3.91. The van der Waals surface area contributed by atoms with Crippen LogP contribution in [0.5, 0.6) is 11.5 Å². The maximum absolute atomic E-state index is 10.0. The van der Waals surface area contributed by atoms with Gasteiger partial charge in [0.15, 0.2) is 0 Å². The number of aromatic hydroxyl groups is 1. The van der Waals surface area contributed by atoms with Gasteiger partial charge in [-0.3, -0.25) is 0 Å². The monoisotopic (exact) mass is 285 g/mol. The minimum absolute atomic E-state index is 0.0122. The van der Waals surface area contributed by atoms with E-state index in [9.17, 15) is 5.11 Å². The van der Waals surface area contributed by atoms with Gasteiger partial charge in [-0.1, -0.05) is 29.8 Å². The largest absolute Gasteiger partial charge is 0.508 e. The highest BCUT2D eigenvalue weighted by Crippen LogP contribution is 2.32. The van der Waals surface area contributed by atoms with Crippen LogP contribution in [0.1, 0.15) is 37.9 Å². The molecule has 0 spiro atoms. The van der Waals surface area contributed by atoms with Crippen molar-refractivity contribution in [1.82, 2.24) is 0 Å². The molecule has 1 atom stereocenters. The third-order valence-electron chi connectivity index (χ3n) is 3.27. The summed E-state index contributed by atoms with van der Waals surface area (Å²) in [7, 11) is 0. The zero-order valence-electron chi connectivity index (χ0n) is 13.1. The molecule has 0 aliphatic carbocycles. The van der Waals surface area contributed by atoms with Crippen molar-refractivity contribution in [3.63, 3.8) is 0 Å². The first kappa shape index (κ1) is 15.2. The Morgan fingerprint density at radius 1 is 1.05 bits per heavy atom. The Bertz CT molecular complexity index is 608. The molecule has 112 valence electrons. The van der Waals surface area contributed by atoms with Crippen LogP contribution in [0.15, 0.2) is 42.5 Å². The zero-order valence-corrected chi connectivity index (χ0v) is 13.1. The van der Waals surface area contributed by atoms with E-state index in [0.29, 0.717) is 5.75 Å². The molecule has 0 aliphatic heterocycles. The highest BCUT2D eigenvalue weighted by Gasteiger charge is 2.13. The van der Waals surface area contributed by atoms with E-state index in [1.54, 1.807) is 6.07 Å². The highest BCUT2D eigenvalue weighted by atomic mass is 16.5. The van der Waals surface area contributed by atoms with Gasteiger partial charge in [0.1, 0.15) is 11.5 Å². The van der Waals surface area contributed by atoms with Gasteiger partial charge in [-0.2, -0.15) is 0 Å². The Morgan fingerprint density at radius 2 is 1.76 bits per heavy atom.